The SMILES string of the molecule is CCCCC(=O)N/N=C/c1cccc(OC(C)C)c1. The molecule has 1 N–H and O–H groups in total. The minimum atomic E-state index is -0.0484. The van der Waals surface area contributed by atoms with Crippen molar-refractivity contribution in [2.24, 2.45) is 5.10 Å². The molecule has 4 nitrogen and oxygen atoms in total. The van der Waals surface area contributed by atoms with E-state index >= 15 is 0 Å². The molecule has 4 heteroatoms. The predicted molar refractivity (Wildman–Crippen MR) is 77.5 cm³/mol. The first-order valence-electron chi connectivity index (χ1n) is 6.70. The molecule has 0 aliphatic heterocycles. The van der Waals surface area contributed by atoms with Crippen molar-refractivity contribution in [3.8, 4) is 5.75 Å². The van der Waals surface area contributed by atoms with Gasteiger partial charge in [-0.1, -0.05) is 25.5 Å². The minimum Gasteiger partial charge on any atom is -0.491 e. The van der Waals surface area contributed by atoms with Crippen molar-refractivity contribution >= 4 is 12.1 Å². The summed E-state index contributed by atoms with van der Waals surface area (Å²) >= 11 is 0. The van der Waals surface area contributed by atoms with E-state index in [4.69, 9.17) is 4.74 Å². The third kappa shape index (κ3) is 6.60. The molecule has 0 saturated heterocycles. The van der Waals surface area contributed by atoms with Gasteiger partial charge in [-0.25, -0.2) is 5.43 Å². The van der Waals surface area contributed by atoms with Crippen LogP contribution < -0.4 is 10.2 Å². The molecule has 0 saturated carbocycles. The molecular weight excluding hydrogens is 240 g/mol. The van der Waals surface area contributed by atoms with E-state index in [0.717, 1.165) is 24.2 Å². The highest BCUT2D eigenvalue weighted by Gasteiger charge is 1.99. The fraction of sp³-hybridized carbons (Fsp3) is 0.467. The van der Waals surface area contributed by atoms with Gasteiger partial charge in [0.1, 0.15) is 5.75 Å². The first kappa shape index (κ1) is 15.2. The minimum absolute atomic E-state index is 0.0484. The lowest BCUT2D eigenvalue weighted by Gasteiger charge is -2.09. The maximum absolute atomic E-state index is 11.4. The Labute approximate surface area is 114 Å². The van der Waals surface area contributed by atoms with Gasteiger partial charge in [0.15, 0.2) is 0 Å². The summed E-state index contributed by atoms with van der Waals surface area (Å²) in [5.41, 5.74) is 3.41. The van der Waals surface area contributed by atoms with Crippen molar-refractivity contribution in [2.45, 2.75) is 46.1 Å². The smallest absolute Gasteiger partial charge is 0.240 e. The monoisotopic (exact) mass is 262 g/mol. The normalized spacial score (nSPS) is 10.9. The van der Waals surface area contributed by atoms with Gasteiger partial charge >= 0.3 is 0 Å². The Morgan fingerprint density at radius 2 is 2.26 bits per heavy atom. The van der Waals surface area contributed by atoms with Crippen LogP contribution in [0.15, 0.2) is 29.4 Å². The number of unbranched alkanes of at least 4 members (excludes halogenated alkanes) is 1. The topological polar surface area (TPSA) is 50.7 Å². The molecule has 1 rings (SSSR count). The summed E-state index contributed by atoms with van der Waals surface area (Å²) in [5, 5.41) is 3.93. The molecule has 1 amide bonds. The van der Waals surface area contributed by atoms with E-state index in [2.05, 4.69) is 17.5 Å². The molecule has 0 spiro atoms. The van der Waals surface area contributed by atoms with E-state index in [1.165, 1.54) is 0 Å². The zero-order chi connectivity index (χ0) is 14.1. The number of nitrogens with zero attached hydrogens (tertiary/aromatic N) is 1. The molecule has 0 atom stereocenters. The molecule has 0 fully saturated rings. The number of carbonyl (C=O) groups excluding carboxylic acids is 1. The molecule has 104 valence electrons. The van der Waals surface area contributed by atoms with Crippen molar-refractivity contribution < 1.29 is 9.53 Å². The summed E-state index contributed by atoms with van der Waals surface area (Å²) in [5.74, 6) is 0.754. The van der Waals surface area contributed by atoms with E-state index in [0.29, 0.717) is 6.42 Å². The second kappa shape index (κ2) is 8.29. The van der Waals surface area contributed by atoms with Crippen molar-refractivity contribution in [2.75, 3.05) is 0 Å². The van der Waals surface area contributed by atoms with Gasteiger partial charge in [0.25, 0.3) is 0 Å². The van der Waals surface area contributed by atoms with E-state index in [9.17, 15) is 4.79 Å². The highest BCUT2D eigenvalue weighted by molar-refractivity contribution is 5.82. The van der Waals surface area contributed by atoms with Gasteiger partial charge in [-0.05, 0) is 38.0 Å². The Hall–Kier alpha value is -1.84. The maximum Gasteiger partial charge on any atom is 0.240 e. The molecular formula is C15H22N2O2. The Balaban J connectivity index is 2.49. The lowest BCUT2D eigenvalue weighted by Crippen LogP contribution is -2.16. The van der Waals surface area contributed by atoms with Gasteiger partial charge in [0, 0.05) is 6.42 Å². The second-order valence-corrected chi connectivity index (χ2v) is 4.64. The Morgan fingerprint density at radius 3 is 2.95 bits per heavy atom. The summed E-state index contributed by atoms with van der Waals surface area (Å²) in [6.07, 6.45) is 4.17. The van der Waals surface area contributed by atoms with E-state index in [-0.39, 0.29) is 12.0 Å². The number of benzene rings is 1. The van der Waals surface area contributed by atoms with Gasteiger partial charge in [-0.15, -0.1) is 0 Å². The number of amides is 1. The van der Waals surface area contributed by atoms with Crippen molar-refractivity contribution in [1.29, 1.82) is 0 Å². The Morgan fingerprint density at radius 1 is 1.47 bits per heavy atom. The van der Waals surface area contributed by atoms with Crippen LogP contribution in [0.3, 0.4) is 0 Å². The van der Waals surface area contributed by atoms with Crippen LogP contribution >= 0.6 is 0 Å². The number of hydrogen-bond acceptors (Lipinski definition) is 3. The van der Waals surface area contributed by atoms with Crippen molar-refractivity contribution in [3.63, 3.8) is 0 Å². The van der Waals surface area contributed by atoms with Crippen molar-refractivity contribution in [3.05, 3.63) is 29.8 Å². The largest absolute Gasteiger partial charge is 0.491 e. The molecule has 0 heterocycles. The summed E-state index contributed by atoms with van der Waals surface area (Å²) in [6.45, 7) is 6.01. The molecule has 0 aliphatic rings. The standard InChI is InChI=1S/C15H22N2O2/c1-4-5-9-15(18)17-16-11-13-7-6-8-14(10-13)19-12(2)3/h6-8,10-12H,4-5,9H2,1-3H3,(H,17,18)/b16-11+. The highest BCUT2D eigenvalue weighted by atomic mass is 16.5. The molecule has 19 heavy (non-hydrogen) atoms. The van der Waals surface area contributed by atoms with Gasteiger partial charge < -0.3 is 4.74 Å². The van der Waals surface area contributed by atoms with E-state index < -0.39 is 0 Å². The number of hydrazone groups is 1. The second-order valence-electron chi connectivity index (χ2n) is 4.64. The van der Waals surface area contributed by atoms with Crippen LogP contribution in [0.4, 0.5) is 0 Å². The van der Waals surface area contributed by atoms with E-state index in [1.54, 1.807) is 6.21 Å². The summed E-state index contributed by atoms with van der Waals surface area (Å²) < 4.78 is 5.59. The molecule has 0 aliphatic carbocycles. The predicted octanol–water partition coefficient (Wildman–Crippen LogP) is 3.11. The molecule has 1 aromatic carbocycles. The lowest BCUT2D eigenvalue weighted by molar-refractivity contribution is -0.121. The first-order chi connectivity index (χ1) is 9.11. The number of nitrogens with one attached hydrogen (secondary N) is 1. The van der Waals surface area contributed by atoms with Gasteiger partial charge in [0.05, 0.1) is 12.3 Å². The lowest BCUT2D eigenvalue weighted by atomic mass is 10.2. The zero-order valence-electron chi connectivity index (χ0n) is 11.8. The van der Waals surface area contributed by atoms with Gasteiger partial charge in [0.2, 0.25) is 5.91 Å². The maximum atomic E-state index is 11.4. The van der Waals surface area contributed by atoms with Crippen LogP contribution in [0.1, 0.15) is 45.6 Å². The average molecular weight is 262 g/mol. The highest BCUT2D eigenvalue weighted by Crippen LogP contribution is 2.13. The number of rotatable bonds is 7. The third-order valence-electron chi connectivity index (χ3n) is 2.39. The summed E-state index contributed by atoms with van der Waals surface area (Å²) in [7, 11) is 0. The number of carbonyl (C=O) groups is 1. The average Bonchev–Trinajstić information content (AvgIpc) is 2.36. The fourth-order valence-electron chi connectivity index (χ4n) is 1.51. The quantitative estimate of drug-likeness (QED) is 0.606. The Bertz CT molecular complexity index is 428. The molecule has 0 bridgehead atoms. The molecule has 0 aromatic heterocycles. The Kier molecular flexibility index (Phi) is 6.64. The number of hydrogen-bond donors (Lipinski definition) is 1. The third-order valence-corrected chi connectivity index (χ3v) is 2.39. The molecule has 1 aromatic rings. The first-order valence-corrected chi connectivity index (χ1v) is 6.70. The van der Waals surface area contributed by atoms with Gasteiger partial charge in [-0.3, -0.25) is 4.79 Å². The number of ether oxygens (including phenoxy) is 1. The van der Waals surface area contributed by atoms with Crippen LogP contribution in [0.2, 0.25) is 0 Å². The summed E-state index contributed by atoms with van der Waals surface area (Å²) in [4.78, 5) is 11.4. The van der Waals surface area contributed by atoms with Crippen LogP contribution in [-0.4, -0.2) is 18.2 Å². The molecule has 0 unspecified atom stereocenters. The van der Waals surface area contributed by atoms with E-state index in [1.807, 2.05) is 38.1 Å². The van der Waals surface area contributed by atoms with Crippen LogP contribution in [0.5, 0.6) is 5.75 Å². The van der Waals surface area contributed by atoms with Gasteiger partial charge in [-0.2, -0.15) is 5.10 Å². The fourth-order valence-corrected chi connectivity index (χ4v) is 1.51. The molecule has 0 radical (unpaired) electrons. The van der Waals surface area contributed by atoms with Crippen molar-refractivity contribution in [1.82, 2.24) is 5.43 Å². The van der Waals surface area contributed by atoms with Crippen LogP contribution in [-0.2, 0) is 4.79 Å². The zero-order valence-corrected chi connectivity index (χ0v) is 11.8. The summed E-state index contributed by atoms with van der Waals surface area (Å²) in [6, 6.07) is 7.60. The van der Waals surface area contributed by atoms with Crippen LogP contribution in [0.25, 0.3) is 0 Å². The van der Waals surface area contributed by atoms with Crippen LogP contribution in [0, 0.1) is 0 Å².